The van der Waals surface area contributed by atoms with Crippen molar-refractivity contribution in [2.24, 2.45) is 0 Å². The van der Waals surface area contributed by atoms with Crippen LogP contribution in [0.3, 0.4) is 0 Å². The first-order valence-electron chi connectivity index (χ1n) is 3.50. The van der Waals surface area contributed by atoms with E-state index < -0.39 is 0 Å². The second-order valence-electron chi connectivity index (χ2n) is 2.28. The standard InChI is InChI=1S/C8H7N3O.Li/c12-7-3-1-4-9-8(7)11-6-2-5-10-11;/h1-6,12H;/q;+1/p-1. The zero-order valence-corrected chi connectivity index (χ0v) is 7.21. The van der Waals surface area contributed by atoms with Crippen LogP contribution in [0, 0.1) is 0 Å². The smallest absolute Gasteiger partial charge is 0.870 e. The maximum absolute atomic E-state index is 11.2. The van der Waals surface area contributed by atoms with Crippen molar-refractivity contribution in [3.05, 3.63) is 36.8 Å². The summed E-state index contributed by atoms with van der Waals surface area (Å²) < 4.78 is 1.45. The van der Waals surface area contributed by atoms with E-state index in [1.54, 1.807) is 30.7 Å². The molecule has 0 bridgehead atoms. The molecule has 0 aliphatic carbocycles. The van der Waals surface area contributed by atoms with E-state index in [-0.39, 0.29) is 24.6 Å². The van der Waals surface area contributed by atoms with Crippen LogP contribution in [-0.2, 0) is 0 Å². The Morgan fingerprint density at radius 2 is 2.08 bits per heavy atom. The summed E-state index contributed by atoms with van der Waals surface area (Å²) in [5.74, 6) is 0.212. The molecule has 4 nitrogen and oxygen atoms in total. The monoisotopic (exact) mass is 167 g/mol. The molecular weight excluding hydrogens is 161 g/mol. The average Bonchev–Trinajstić information content (AvgIpc) is 2.57. The van der Waals surface area contributed by atoms with Crippen LogP contribution in [0.25, 0.3) is 5.82 Å². The minimum atomic E-state index is -0.124. The maximum Gasteiger partial charge on any atom is 1.00 e. The molecule has 2 aromatic rings. The van der Waals surface area contributed by atoms with Gasteiger partial charge in [0.1, 0.15) is 5.82 Å². The van der Waals surface area contributed by atoms with Crippen molar-refractivity contribution in [3.63, 3.8) is 0 Å². The largest absolute Gasteiger partial charge is 1.00 e. The number of nitrogens with zero attached hydrogens (tertiary/aromatic N) is 3. The van der Waals surface area contributed by atoms with E-state index in [4.69, 9.17) is 0 Å². The van der Waals surface area contributed by atoms with Crippen LogP contribution in [0.5, 0.6) is 5.75 Å². The molecule has 0 atom stereocenters. The van der Waals surface area contributed by atoms with Crippen LogP contribution in [0.2, 0.25) is 0 Å². The van der Waals surface area contributed by atoms with Crippen LogP contribution < -0.4 is 24.0 Å². The summed E-state index contributed by atoms with van der Waals surface area (Å²) in [5, 5.41) is 15.1. The Morgan fingerprint density at radius 3 is 2.69 bits per heavy atom. The summed E-state index contributed by atoms with van der Waals surface area (Å²) in [4.78, 5) is 3.91. The van der Waals surface area contributed by atoms with Gasteiger partial charge in [-0.3, -0.25) is 0 Å². The van der Waals surface area contributed by atoms with Gasteiger partial charge in [0.25, 0.3) is 0 Å². The molecule has 0 radical (unpaired) electrons. The van der Waals surface area contributed by atoms with Crippen molar-refractivity contribution in [2.75, 3.05) is 0 Å². The number of pyridine rings is 1. The van der Waals surface area contributed by atoms with Crippen molar-refractivity contribution in [1.82, 2.24) is 14.8 Å². The summed E-state index contributed by atoms with van der Waals surface area (Å²) in [7, 11) is 0. The molecule has 0 spiro atoms. The zero-order chi connectivity index (χ0) is 8.39. The summed E-state index contributed by atoms with van der Waals surface area (Å²) >= 11 is 0. The van der Waals surface area contributed by atoms with Gasteiger partial charge in [-0.05, 0) is 12.1 Å². The van der Waals surface area contributed by atoms with E-state index in [0.717, 1.165) is 0 Å². The van der Waals surface area contributed by atoms with Gasteiger partial charge in [0.05, 0.1) is 0 Å². The maximum atomic E-state index is 11.2. The van der Waals surface area contributed by atoms with Gasteiger partial charge >= 0.3 is 18.9 Å². The molecule has 5 heteroatoms. The van der Waals surface area contributed by atoms with Gasteiger partial charge in [-0.2, -0.15) is 5.10 Å². The van der Waals surface area contributed by atoms with Crippen molar-refractivity contribution in [2.45, 2.75) is 0 Å². The number of hydrogen-bond acceptors (Lipinski definition) is 3. The zero-order valence-electron chi connectivity index (χ0n) is 7.21. The Balaban J connectivity index is 0.000000845. The summed E-state index contributed by atoms with van der Waals surface area (Å²) in [6, 6.07) is 4.81. The van der Waals surface area contributed by atoms with Crippen molar-refractivity contribution in [1.29, 1.82) is 0 Å². The molecule has 0 fully saturated rings. The quantitative estimate of drug-likeness (QED) is 0.436. The van der Waals surface area contributed by atoms with Crippen LogP contribution in [0.4, 0.5) is 0 Å². The fourth-order valence-corrected chi connectivity index (χ4v) is 0.948. The molecule has 2 rings (SSSR count). The first-order chi connectivity index (χ1) is 5.88. The van der Waals surface area contributed by atoms with Crippen LogP contribution in [-0.4, -0.2) is 14.8 Å². The Hall–Kier alpha value is -1.24. The number of aromatic nitrogens is 3. The third kappa shape index (κ3) is 1.91. The van der Waals surface area contributed by atoms with Gasteiger partial charge < -0.3 is 5.11 Å². The molecule has 0 aromatic carbocycles. The SMILES string of the molecule is [Li+].[O-]c1cccnc1-n1cccn1. The summed E-state index contributed by atoms with van der Waals surface area (Å²) in [6.07, 6.45) is 4.86. The van der Waals surface area contributed by atoms with E-state index in [9.17, 15) is 5.11 Å². The van der Waals surface area contributed by atoms with Gasteiger partial charge in [0.15, 0.2) is 0 Å². The van der Waals surface area contributed by atoms with Gasteiger partial charge in [0, 0.05) is 18.6 Å². The van der Waals surface area contributed by atoms with E-state index >= 15 is 0 Å². The predicted octanol–water partition coefficient (Wildman–Crippen LogP) is -2.66. The molecule has 0 N–H and O–H groups in total. The molecule has 2 heterocycles. The molecule has 0 saturated carbocycles. The van der Waals surface area contributed by atoms with Crippen molar-refractivity contribution < 1.29 is 24.0 Å². The Kier molecular flexibility index (Phi) is 3.12. The van der Waals surface area contributed by atoms with Crippen molar-refractivity contribution >= 4 is 0 Å². The molecule has 0 saturated heterocycles. The van der Waals surface area contributed by atoms with Gasteiger partial charge in [-0.15, -0.1) is 0 Å². The van der Waals surface area contributed by atoms with Gasteiger partial charge in [0.2, 0.25) is 0 Å². The minimum Gasteiger partial charge on any atom is -0.870 e. The molecule has 0 aliphatic heterocycles. The Bertz CT molecular complexity index is 375. The Labute approximate surface area is 87.4 Å². The third-order valence-corrected chi connectivity index (χ3v) is 1.47. The average molecular weight is 167 g/mol. The molecule has 0 amide bonds. The molecular formula is C8H6LiN3O. The predicted molar refractivity (Wildman–Crippen MR) is 40.8 cm³/mol. The van der Waals surface area contributed by atoms with E-state index in [1.165, 1.54) is 10.7 Å². The van der Waals surface area contributed by atoms with Crippen molar-refractivity contribution in [3.8, 4) is 11.6 Å². The molecule has 0 unspecified atom stereocenters. The van der Waals surface area contributed by atoms with E-state index in [0.29, 0.717) is 5.82 Å². The summed E-state index contributed by atoms with van der Waals surface area (Å²) in [6.45, 7) is 0. The third-order valence-electron chi connectivity index (χ3n) is 1.47. The second kappa shape index (κ2) is 4.12. The first kappa shape index (κ1) is 9.84. The fraction of sp³-hybridized carbons (Fsp3) is 0. The molecule has 0 aliphatic rings. The summed E-state index contributed by atoms with van der Waals surface area (Å²) in [5.41, 5.74) is 0. The molecule has 13 heavy (non-hydrogen) atoms. The fourth-order valence-electron chi connectivity index (χ4n) is 0.948. The normalized spacial score (nSPS) is 9.23. The molecule has 2 aromatic heterocycles. The number of hydrogen-bond donors (Lipinski definition) is 0. The van der Waals surface area contributed by atoms with E-state index in [2.05, 4.69) is 10.1 Å². The van der Waals surface area contributed by atoms with Crippen LogP contribution in [0.15, 0.2) is 36.8 Å². The van der Waals surface area contributed by atoms with Gasteiger partial charge in [-0.25, -0.2) is 9.67 Å². The Morgan fingerprint density at radius 1 is 1.23 bits per heavy atom. The second-order valence-corrected chi connectivity index (χ2v) is 2.28. The van der Waals surface area contributed by atoms with Gasteiger partial charge in [-0.1, -0.05) is 11.8 Å². The first-order valence-corrected chi connectivity index (χ1v) is 3.50. The topological polar surface area (TPSA) is 53.8 Å². The van der Waals surface area contributed by atoms with Crippen LogP contribution >= 0.6 is 0 Å². The number of rotatable bonds is 1. The molecule has 60 valence electrons. The van der Waals surface area contributed by atoms with E-state index in [1.807, 2.05) is 0 Å². The van der Waals surface area contributed by atoms with Crippen LogP contribution in [0.1, 0.15) is 0 Å². The minimum absolute atomic E-state index is 0.